The van der Waals surface area contributed by atoms with E-state index in [0.29, 0.717) is 0 Å². The van der Waals surface area contributed by atoms with Gasteiger partial charge in [-0.2, -0.15) is 0 Å². The number of halogens is 3. The quantitative estimate of drug-likeness (QED) is 0.123. The SMILES string of the molecule is CC(=O)OC[C@@H]1O[C@H](COCC[C@]2(CCl)O[C@H](CCl)[C@H](OC(C)=O)[C@@H]2OC(C)=O)[C@H](OC(C)=O)[C@H](OC(C)=O)[C@H]1Cl. The Morgan fingerprint density at radius 2 is 1.27 bits per heavy atom. The molecule has 234 valence electrons. The lowest BCUT2D eigenvalue weighted by atomic mass is 9.92. The van der Waals surface area contributed by atoms with Gasteiger partial charge in [0, 0.05) is 47.6 Å². The molecule has 13 nitrogen and oxygen atoms in total. The van der Waals surface area contributed by atoms with Crippen molar-refractivity contribution in [1.82, 2.24) is 0 Å². The van der Waals surface area contributed by atoms with Crippen LogP contribution in [0.1, 0.15) is 41.0 Å². The zero-order valence-corrected chi connectivity index (χ0v) is 25.6. The van der Waals surface area contributed by atoms with Crippen molar-refractivity contribution in [3.05, 3.63) is 0 Å². The molecular weight excluding hydrogens is 615 g/mol. The predicted octanol–water partition coefficient (Wildman–Crippen LogP) is 1.67. The lowest BCUT2D eigenvalue weighted by Gasteiger charge is -2.43. The van der Waals surface area contributed by atoms with Crippen LogP contribution >= 0.6 is 34.8 Å². The minimum Gasteiger partial charge on any atom is -0.463 e. The number of hydrogen-bond acceptors (Lipinski definition) is 13. The largest absolute Gasteiger partial charge is 0.463 e. The van der Waals surface area contributed by atoms with E-state index in [9.17, 15) is 24.0 Å². The van der Waals surface area contributed by atoms with Crippen molar-refractivity contribution in [1.29, 1.82) is 0 Å². The molecule has 9 atom stereocenters. The first-order valence-corrected chi connectivity index (χ1v) is 14.2. The molecule has 0 unspecified atom stereocenters. The van der Waals surface area contributed by atoms with E-state index in [4.69, 9.17) is 72.7 Å². The second-order valence-corrected chi connectivity index (χ2v) is 10.6. The minimum atomic E-state index is -1.32. The highest BCUT2D eigenvalue weighted by molar-refractivity contribution is 6.21. The average molecular weight is 650 g/mol. The van der Waals surface area contributed by atoms with E-state index in [2.05, 4.69) is 0 Å². The summed E-state index contributed by atoms with van der Waals surface area (Å²) in [6, 6.07) is 0. The van der Waals surface area contributed by atoms with Gasteiger partial charge in [-0.05, 0) is 0 Å². The number of rotatable bonds is 13. The predicted molar refractivity (Wildman–Crippen MR) is 142 cm³/mol. The summed E-state index contributed by atoms with van der Waals surface area (Å²) in [7, 11) is 0. The molecule has 0 saturated carbocycles. The highest BCUT2D eigenvalue weighted by Gasteiger charge is 2.58. The fraction of sp³-hybridized carbons (Fsp3) is 0.800. The van der Waals surface area contributed by atoms with Crippen molar-refractivity contribution < 1.29 is 61.9 Å². The molecule has 16 heteroatoms. The molecule has 0 aromatic carbocycles. The summed E-state index contributed by atoms with van der Waals surface area (Å²) in [6.07, 6.45) is -7.06. The van der Waals surface area contributed by atoms with Crippen molar-refractivity contribution in [3.8, 4) is 0 Å². The lowest BCUT2D eigenvalue weighted by Crippen LogP contribution is -2.60. The lowest BCUT2D eigenvalue weighted by molar-refractivity contribution is -0.219. The molecule has 2 rings (SSSR count). The number of carbonyl (C=O) groups is 5. The Labute approximate surface area is 252 Å². The Hall–Kier alpha value is -1.90. The Bertz CT molecular complexity index is 950. The first-order valence-electron chi connectivity index (χ1n) is 12.7. The number of alkyl halides is 3. The van der Waals surface area contributed by atoms with E-state index in [1.807, 2.05) is 0 Å². The van der Waals surface area contributed by atoms with Crippen molar-refractivity contribution in [2.45, 2.75) is 94.7 Å². The minimum absolute atomic E-state index is 0.0456. The number of ether oxygens (including phenoxy) is 8. The highest BCUT2D eigenvalue weighted by Crippen LogP contribution is 2.40. The molecule has 2 heterocycles. The van der Waals surface area contributed by atoms with Gasteiger partial charge in [-0.1, -0.05) is 0 Å². The maximum atomic E-state index is 11.9. The van der Waals surface area contributed by atoms with Gasteiger partial charge in [0.05, 0.1) is 18.4 Å². The molecule has 0 aliphatic carbocycles. The highest BCUT2D eigenvalue weighted by atomic mass is 35.5. The van der Waals surface area contributed by atoms with Gasteiger partial charge in [-0.25, -0.2) is 0 Å². The normalized spacial score (nSPS) is 33.0. The van der Waals surface area contributed by atoms with Crippen molar-refractivity contribution in [2.24, 2.45) is 0 Å². The van der Waals surface area contributed by atoms with E-state index in [-0.39, 0.29) is 38.0 Å². The molecule has 0 aromatic rings. The van der Waals surface area contributed by atoms with Crippen LogP contribution in [0.4, 0.5) is 0 Å². The standard InChI is InChI=1S/C25H35Cl3O13/c1-12(29)35-10-18-20(28)23(38-15(4)32)21(36-13(2)30)19(40-18)9-34-7-6-25(11-27)24(39-16(5)33)22(37-14(3)31)17(8-26)41-25/h17-24H,6-11H2,1-5H3/t17-,18+,19-,20+,21+,22+,23-,24+,25-/m1/s1. The Morgan fingerprint density at radius 3 is 1.78 bits per heavy atom. The summed E-state index contributed by atoms with van der Waals surface area (Å²) in [5.41, 5.74) is -1.32. The van der Waals surface area contributed by atoms with Crippen LogP contribution in [0, 0.1) is 0 Å². The van der Waals surface area contributed by atoms with Crippen LogP contribution in [0.25, 0.3) is 0 Å². The van der Waals surface area contributed by atoms with Gasteiger partial charge in [0.25, 0.3) is 0 Å². The Morgan fingerprint density at radius 1 is 0.707 bits per heavy atom. The van der Waals surface area contributed by atoms with Crippen LogP contribution in [0.2, 0.25) is 0 Å². The van der Waals surface area contributed by atoms with Crippen LogP contribution in [-0.2, 0) is 61.9 Å². The van der Waals surface area contributed by atoms with E-state index >= 15 is 0 Å². The smallest absolute Gasteiger partial charge is 0.303 e. The van der Waals surface area contributed by atoms with Crippen molar-refractivity contribution >= 4 is 64.6 Å². The molecule has 2 saturated heterocycles. The third-order valence-corrected chi connectivity index (χ3v) is 7.54. The van der Waals surface area contributed by atoms with Crippen LogP contribution in [0.15, 0.2) is 0 Å². The van der Waals surface area contributed by atoms with Gasteiger partial charge in [0.15, 0.2) is 24.4 Å². The zero-order valence-electron chi connectivity index (χ0n) is 23.3. The van der Waals surface area contributed by atoms with Crippen molar-refractivity contribution in [3.63, 3.8) is 0 Å². The molecule has 0 bridgehead atoms. The van der Waals surface area contributed by atoms with Gasteiger partial charge in [0.1, 0.15) is 35.9 Å². The van der Waals surface area contributed by atoms with E-state index in [0.717, 1.165) is 0 Å². The van der Waals surface area contributed by atoms with Gasteiger partial charge < -0.3 is 37.9 Å². The summed E-state index contributed by atoms with van der Waals surface area (Å²) in [4.78, 5) is 58.7. The Kier molecular flexibility index (Phi) is 13.8. The molecule has 0 aromatic heterocycles. The van der Waals surface area contributed by atoms with Crippen LogP contribution in [0.3, 0.4) is 0 Å². The molecule has 2 aliphatic rings. The monoisotopic (exact) mass is 648 g/mol. The summed E-state index contributed by atoms with van der Waals surface area (Å²) < 4.78 is 44.5. The third kappa shape index (κ3) is 9.82. The maximum absolute atomic E-state index is 11.9. The second-order valence-electron chi connectivity index (χ2n) is 9.55. The fourth-order valence-corrected chi connectivity index (χ4v) is 5.57. The average Bonchev–Trinajstić information content (AvgIpc) is 3.15. The molecule has 0 amide bonds. The number of hydrogen-bond donors (Lipinski definition) is 0. The molecule has 2 aliphatic heterocycles. The van der Waals surface area contributed by atoms with Crippen LogP contribution < -0.4 is 0 Å². The first kappa shape index (κ1) is 35.3. The van der Waals surface area contributed by atoms with E-state index in [1.54, 1.807) is 0 Å². The van der Waals surface area contributed by atoms with Gasteiger partial charge >= 0.3 is 29.8 Å². The molecule has 0 spiro atoms. The first-order chi connectivity index (χ1) is 19.2. The summed E-state index contributed by atoms with van der Waals surface area (Å²) in [5, 5.41) is -1.03. The van der Waals surface area contributed by atoms with Gasteiger partial charge in [-0.3, -0.25) is 24.0 Å². The second kappa shape index (κ2) is 16.1. The summed E-state index contributed by atoms with van der Waals surface area (Å²) >= 11 is 18.8. The van der Waals surface area contributed by atoms with Crippen LogP contribution in [-0.4, -0.2) is 115 Å². The third-order valence-electron chi connectivity index (χ3n) is 6.26. The summed E-state index contributed by atoms with van der Waals surface area (Å²) in [5.74, 6) is -3.45. The number of esters is 5. The topological polar surface area (TPSA) is 159 Å². The van der Waals surface area contributed by atoms with Gasteiger partial charge in [-0.15, -0.1) is 34.8 Å². The fourth-order valence-electron chi connectivity index (χ4n) is 4.66. The summed E-state index contributed by atoms with van der Waals surface area (Å²) in [6.45, 7) is 5.44. The number of carbonyl (C=O) groups excluding carboxylic acids is 5. The molecule has 0 N–H and O–H groups in total. The maximum Gasteiger partial charge on any atom is 0.303 e. The van der Waals surface area contributed by atoms with E-state index < -0.39 is 83.6 Å². The van der Waals surface area contributed by atoms with Crippen LogP contribution in [0.5, 0.6) is 0 Å². The molecule has 2 fully saturated rings. The Balaban J connectivity index is 2.22. The zero-order chi connectivity index (χ0) is 30.9. The molecule has 0 radical (unpaired) electrons. The molecular formula is C25H35Cl3O13. The van der Waals surface area contributed by atoms with Crippen molar-refractivity contribution in [2.75, 3.05) is 31.6 Å². The van der Waals surface area contributed by atoms with Gasteiger partial charge in [0.2, 0.25) is 0 Å². The van der Waals surface area contributed by atoms with E-state index in [1.165, 1.54) is 34.6 Å². The molecule has 41 heavy (non-hydrogen) atoms.